The lowest BCUT2D eigenvalue weighted by Gasteiger charge is -2.22. The molecule has 0 saturated heterocycles. The van der Waals surface area contributed by atoms with E-state index in [0.29, 0.717) is 29.0 Å². The van der Waals surface area contributed by atoms with Crippen molar-refractivity contribution in [2.75, 3.05) is 13.2 Å². The lowest BCUT2D eigenvalue weighted by molar-refractivity contribution is -0.143. The van der Waals surface area contributed by atoms with Gasteiger partial charge in [-0.1, -0.05) is 25.4 Å². The number of carbonyl (C=O) groups excluding carboxylic acids is 1. The minimum Gasteiger partial charge on any atom is -0.504 e. The van der Waals surface area contributed by atoms with E-state index in [4.69, 9.17) is 25.8 Å². The van der Waals surface area contributed by atoms with E-state index in [9.17, 15) is 9.90 Å². The summed E-state index contributed by atoms with van der Waals surface area (Å²) in [6.45, 7) is 10.0. The van der Waals surface area contributed by atoms with Gasteiger partial charge in [-0.15, -0.1) is 0 Å². The second-order valence-electron chi connectivity index (χ2n) is 7.36. The zero-order valence-corrected chi connectivity index (χ0v) is 17.3. The molecule has 0 bridgehead atoms. The first-order valence-electron chi connectivity index (χ1n) is 9.16. The van der Waals surface area contributed by atoms with Crippen molar-refractivity contribution in [2.45, 2.75) is 47.5 Å². The molecule has 148 valence electrons. The van der Waals surface area contributed by atoms with E-state index in [1.54, 1.807) is 39.0 Å². The second kappa shape index (κ2) is 8.70. The molecule has 0 spiro atoms. The Hall–Kier alpha value is -2.14. The van der Waals surface area contributed by atoms with Gasteiger partial charge in [0.25, 0.3) is 0 Å². The lowest BCUT2D eigenvalue weighted by atomic mass is 9.97. The van der Waals surface area contributed by atoms with Crippen LogP contribution in [0.25, 0.3) is 10.8 Å². The van der Waals surface area contributed by atoms with Crippen LogP contribution in [0.2, 0.25) is 5.02 Å². The first-order chi connectivity index (χ1) is 12.7. The first-order valence-corrected chi connectivity index (χ1v) is 9.54. The zero-order chi connectivity index (χ0) is 20.2. The van der Waals surface area contributed by atoms with Crippen LogP contribution in [0.4, 0.5) is 0 Å². The Morgan fingerprint density at radius 2 is 1.59 bits per heavy atom. The van der Waals surface area contributed by atoms with E-state index >= 15 is 0 Å². The monoisotopic (exact) mass is 394 g/mol. The number of phenols is 1. The van der Waals surface area contributed by atoms with Crippen LogP contribution in [-0.2, 0) is 4.79 Å². The SMILES string of the molecule is CCCOc1c(OCCC)c(OC(=O)C(C)(C)C)c2cc(Cl)ccc2c1O. The maximum Gasteiger partial charge on any atom is 0.316 e. The maximum atomic E-state index is 12.6. The Balaban J connectivity index is 2.77. The number of halogens is 1. The number of fused-ring (bicyclic) bond motifs is 1. The number of esters is 1. The van der Waals surface area contributed by atoms with Crippen molar-refractivity contribution in [1.29, 1.82) is 0 Å². The summed E-state index contributed by atoms with van der Waals surface area (Å²) in [5.74, 6) is 0.130. The molecule has 5 nitrogen and oxygen atoms in total. The summed E-state index contributed by atoms with van der Waals surface area (Å²) in [5.41, 5.74) is -0.713. The Kier molecular flexibility index (Phi) is 6.82. The number of hydrogen-bond acceptors (Lipinski definition) is 5. The van der Waals surface area contributed by atoms with Gasteiger partial charge in [-0.2, -0.15) is 0 Å². The maximum absolute atomic E-state index is 12.6. The number of hydrogen-bond donors (Lipinski definition) is 1. The van der Waals surface area contributed by atoms with E-state index < -0.39 is 11.4 Å². The summed E-state index contributed by atoms with van der Waals surface area (Å²) in [6.07, 6.45) is 1.50. The number of benzene rings is 2. The lowest BCUT2D eigenvalue weighted by Crippen LogP contribution is -2.26. The van der Waals surface area contributed by atoms with E-state index in [1.807, 2.05) is 13.8 Å². The van der Waals surface area contributed by atoms with E-state index in [-0.39, 0.29) is 23.0 Å². The summed E-state index contributed by atoms with van der Waals surface area (Å²) >= 11 is 6.16. The molecule has 0 atom stereocenters. The predicted molar refractivity (Wildman–Crippen MR) is 107 cm³/mol. The smallest absolute Gasteiger partial charge is 0.316 e. The van der Waals surface area contributed by atoms with Gasteiger partial charge in [-0.25, -0.2) is 0 Å². The highest BCUT2D eigenvalue weighted by molar-refractivity contribution is 6.31. The molecule has 2 aromatic carbocycles. The summed E-state index contributed by atoms with van der Waals surface area (Å²) in [7, 11) is 0. The molecule has 27 heavy (non-hydrogen) atoms. The fraction of sp³-hybridized carbons (Fsp3) is 0.476. The molecule has 6 heteroatoms. The number of aromatic hydroxyl groups is 1. The highest BCUT2D eigenvalue weighted by Crippen LogP contribution is 2.51. The fourth-order valence-corrected chi connectivity index (χ4v) is 2.56. The third-order valence-electron chi connectivity index (χ3n) is 3.82. The van der Waals surface area contributed by atoms with Crippen molar-refractivity contribution in [1.82, 2.24) is 0 Å². The van der Waals surface area contributed by atoms with Crippen molar-refractivity contribution in [3.05, 3.63) is 23.2 Å². The van der Waals surface area contributed by atoms with Gasteiger partial charge in [0.1, 0.15) is 0 Å². The van der Waals surface area contributed by atoms with Crippen LogP contribution < -0.4 is 14.2 Å². The molecule has 1 N–H and O–H groups in total. The molecule has 0 saturated carbocycles. The van der Waals surface area contributed by atoms with Crippen LogP contribution in [-0.4, -0.2) is 24.3 Å². The van der Waals surface area contributed by atoms with Crippen LogP contribution >= 0.6 is 11.6 Å². The van der Waals surface area contributed by atoms with E-state index in [0.717, 1.165) is 12.8 Å². The number of carbonyl (C=O) groups is 1. The molecule has 0 unspecified atom stereocenters. The van der Waals surface area contributed by atoms with Gasteiger partial charge in [-0.3, -0.25) is 4.79 Å². The minimum atomic E-state index is -0.713. The van der Waals surface area contributed by atoms with Crippen molar-refractivity contribution < 1.29 is 24.1 Å². The molecule has 2 rings (SSSR count). The topological polar surface area (TPSA) is 65.0 Å². The van der Waals surface area contributed by atoms with Gasteiger partial charge in [0.05, 0.1) is 18.6 Å². The number of phenolic OH excluding ortho intramolecular Hbond substituents is 1. The van der Waals surface area contributed by atoms with E-state index in [1.165, 1.54) is 0 Å². The molecule has 2 aromatic rings. The van der Waals surface area contributed by atoms with Gasteiger partial charge >= 0.3 is 5.97 Å². The first kappa shape index (κ1) is 21.2. The van der Waals surface area contributed by atoms with Crippen LogP contribution in [0.1, 0.15) is 47.5 Å². The quantitative estimate of drug-likeness (QED) is 0.480. The summed E-state index contributed by atoms with van der Waals surface area (Å²) in [6, 6.07) is 4.98. The predicted octanol–water partition coefficient (Wildman–Crippen LogP) is 5.73. The molecule has 0 aliphatic carbocycles. The van der Waals surface area contributed by atoms with Crippen molar-refractivity contribution in [2.24, 2.45) is 5.41 Å². The summed E-state index contributed by atoms with van der Waals surface area (Å²) in [5, 5.41) is 12.2. The average molecular weight is 395 g/mol. The minimum absolute atomic E-state index is 0.0585. The molecule has 0 aromatic heterocycles. The molecule has 0 fully saturated rings. The molecule has 0 aliphatic heterocycles. The number of rotatable bonds is 7. The third-order valence-corrected chi connectivity index (χ3v) is 4.05. The highest BCUT2D eigenvalue weighted by atomic mass is 35.5. The molecule has 0 aliphatic rings. The fourth-order valence-electron chi connectivity index (χ4n) is 2.39. The largest absolute Gasteiger partial charge is 0.504 e. The Bertz CT molecular complexity index is 824. The standard InChI is InChI=1S/C21H27ClO5/c1-6-10-25-18-16(23)14-9-8-13(22)12-15(14)17(19(18)26-11-7-2)27-20(24)21(3,4)5/h8-9,12,23H,6-7,10-11H2,1-5H3. The number of ether oxygens (including phenoxy) is 3. The molecular formula is C21H27ClO5. The van der Waals surface area contributed by atoms with Crippen LogP contribution in [0.15, 0.2) is 18.2 Å². The van der Waals surface area contributed by atoms with Crippen molar-refractivity contribution in [3.8, 4) is 23.0 Å². The summed E-state index contributed by atoms with van der Waals surface area (Å²) < 4.78 is 17.3. The average Bonchev–Trinajstić information content (AvgIpc) is 2.60. The summed E-state index contributed by atoms with van der Waals surface area (Å²) in [4.78, 5) is 12.6. The highest BCUT2D eigenvalue weighted by Gasteiger charge is 2.29. The second-order valence-corrected chi connectivity index (χ2v) is 7.80. The normalized spacial score (nSPS) is 11.5. The van der Waals surface area contributed by atoms with Crippen LogP contribution in [0, 0.1) is 5.41 Å². The van der Waals surface area contributed by atoms with Gasteiger partial charge in [0.15, 0.2) is 11.5 Å². The van der Waals surface area contributed by atoms with Gasteiger partial charge in [0.2, 0.25) is 11.5 Å². The molecule has 0 radical (unpaired) electrons. The molecule has 0 amide bonds. The van der Waals surface area contributed by atoms with Crippen LogP contribution in [0.3, 0.4) is 0 Å². The Morgan fingerprint density at radius 1 is 1.00 bits per heavy atom. The zero-order valence-electron chi connectivity index (χ0n) is 16.5. The van der Waals surface area contributed by atoms with Gasteiger partial charge < -0.3 is 19.3 Å². The Labute approximate surface area is 165 Å². The van der Waals surface area contributed by atoms with Crippen molar-refractivity contribution >= 4 is 28.3 Å². The van der Waals surface area contributed by atoms with Gasteiger partial charge in [-0.05, 0) is 51.8 Å². The van der Waals surface area contributed by atoms with Gasteiger partial charge in [0, 0.05) is 15.8 Å². The Morgan fingerprint density at radius 3 is 2.15 bits per heavy atom. The molecule has 0 heterocycles. The van der Waals surface area contributed by atoms with Crippen LogP contribution in [0.5, 0.6) is 23.0 Å². The third kappa shape index (κ3) is 4.78. The molecular weight excluding hydrogens is 368 g/mol. The van der Waals surface area contributed by atoms with E-state index in [2.05, 4.69) is 0 Å². The van der Waals surface area contributed by atoms with Crippen molar-refractivity contribution in [3.63, 3.8) is 0 Å².